The SMILES string of the molecule is [Br][Sn]([Br])([Br])[Br]. The molecule has 0 aromatic heterocycles. The van der Waals surface area contributed by atoms with E-state index in [0.717, 1.165) is 0 Å². The molecule has 32 valence electrons. The normalized spacial score (nSPS) is 12.0. The minimum absolute atomic E-state index is 1.93. The molecule has 0 aromatic rings. The first-order valence-electron chi connectivity index (χ1n) is 0.756. The predicted molar refractivity (Wildman–Crippen MR) is 41.5 cm³/mol. The van der Waals surface area contributed by atoms with Gasteiger partial charge in [-0.3, -0.25) is 0 Å². The molecule has 0 rings (SSSR count). The first-order valence-corrected chi connectivity index (χ1v) is 26.3. The summed E-state index contributed by atoms with van der Waals surface area (Å²) in [5.41, 5.74) is 0. The van der Waals surface area contributed by atoms with Crippen LogP contribution in [0.3, 0.4) is 0 Å². The van der Waals surface area contributed by atoms with Gasteiger partial charge < -0.3 is 0 Å². The molecule has 0 radical (unpaired) electrons. The molecule has 0 fully saturated rings. The van der Waals surface area contributed by atoms with E-state index in [9.17, 15) is 0 Å². The van der Waals surface area contributed by atoms with Crippen molar-refractivity contribution in [2.24, 2.45) is 0 Å². The summed E-state index contributed by atoms with van der Waals surface area (Å²) in [5, 5.41) is 0. The second-order valence-electron chi connectivity index (χ2n) is 0.429. The Bertz CT molecular complexity index is 19.1. The van der Waals surface area contributed by atoms with Gasteiger partial charge in [0.15, 0.2) is 0 Å². The van der Waals surface area contributed by atoms with Gasteiger partial charge in [-0.1, -0.05) is 0 Å². The van der Waals surface area contributed by atoms with Gasteiger partial charge in [-0.15, -0.1) is 0 Å². The Labute approximate surface area is 59.0 Å². The fraction of sp³-hybridized carbons (Fsp3) is 0. The van der Waals surface area contributed by atoms with Crippen molar-refractivity contribution in [3.05, 3.63) is 0 Å². The van der Waals surface area contributed by atoms with E-state index < -0.39 is 9.49 Å². The standard InChI is InChI=1S/4BrH.Sn/h4*1H;/q;;;;+4/p-4. The Hall–Kier alpha value is 2.72. The van der Waals surface area contributed by atoms with Gasteiger partial charge in [0.1, 0.15) is 0 Å². The Morgan fingerprint density at radius 3 is 0.800 bits per heavy atom. The number of rotatable bonds is 0. The van der Waals surface area contributed by atoms with Crippen LogP contribution >= 0.6 is 50.8 Å². The van der Waals surface area contributed by atoms with Gasteiger partial charge in [0.25, 0.3) is 0 Å². The number of hydrogen-bond donors (Lipinski definition) is 0. The van der Waals surface area contributed by atoms with Crippen LogP contribution in [0.4, 0.5) is 0 Å². The summed E-state index contributed by atoms with van der Waals surface area (Å²) < 4.78 is 0. The Kier molecular flexibility index (Phi) is 4.46. The molecule has 5 heteroatoms. The Morgan fingerprint density at radius 1 is 0.800 bits per heavy atom. The Morgan fingerprint density at radius 2 is 0.800 bits per heavy atom. The minimum atomic E-state index is -1.93. The van der Waals surface area contributed by atoms with E-state index >= 15 is 0 Å². The summed E-state index contributed by atoms with van der Waals surface area (Å²) in [5.74, 6) is 0. The zero-order chi connectivity index (χ0) is 4.50. The van der Waals surface area contributed by atoms with E-state index in [4.69, 9.17) is 0 Å². The van der Waals surface area contributed by atoms with Gasteiger partial charge in [-0.2, -0.15) is 0 Å². The molecule has 0 aliphatic carbocycles. The van der Waals surface area contributed by atoms with Gasteiger partial charge in [-0.05, 0) is 0 Å². The van der Waals surface area contributed by atoms with Crippen molar-refractivity contribution < 1.29 is 0 Å². The van der Waals surface area contributed by atoms with E-state index in [1.165, 1.54) is 0 Å². The van der Waals surface area contributed by atoms with Crippen LogP contribution in [0.2, 0.25) is 0 Å². The van der Waals surface area contributed by atoms with Crippen LogP contribution in [0.25, 0.3) is 0 Å². The number of hydrogen-bond acceptors (Lipinski definition) is 0. The molecule has 0 nitrogen and oxygen atoms in total. The molecular weight excluding hydrogens is 438 g/mol. The average Bonchev–Trinajstić information content (AvgIpc) is 0.722. The summed E-state index contributed by atoms with van der Waals surface area (Å²) >= 11 is 13.3. The topological polar surface area (TPSA) is 0 Å². The quantitative estimate of drug-likeness (QED) is 0.511. The van der Waals surface area contributed by atoms with Crippen LogP contribution in [-0.4, -0.2) is 9.49 Å². The van der Waals surface area contributed by atoms with Crippen LogP contribution in [0.5, 0.6) is 0 Å². The summed E-state index contributed by atoms with van der Waals surface area (Å²) in [6.45, 7) is 0. The van der Waals surface area contributed by atoms with Crippen LogP contribution < -0.4 is 0 Å². The van der Waals surface area contributed by atoms with Crippen molar-refractivity contribution >= 4 is 60.3 Å². The Balaban J connectivity index is 3.02. The third-order valence-corrected chi connectivity index (χ3v) is 0. The monoisotopic (exact) mass is 436 g/mol. The van der Waals surface area contributed by atoms with Gasteiger partial charge in [0.05, 0.1) is 0 Å². The first-order chi connectivity index (χ1) is 2.00. The van der Waals surface area contributed by atoms with E-state index in [1.54, 1.807) is 0 Å². The molecule has 0 unspecified atom stereocenters. The molecule has 0 heterocycles. The predicted octanol–water partition coefficient (Wildman–Crippen LogP) is 3.00. The maximum absolute atomic E-state index is 3.34. The third kappa shape index (κ3) is 20.2. The maximum atomic E-state index is 3.34. The third-order valence-electron chi connectivity index (χ3n) is 0. The average molecular weight is 438 g/mol. The molecule has 0 spiro atoms. The van der Waals surface area contributed by atoms with Crippen molar-refractivity contribution in [1.29, 1.82) is 0 Å². The van der Waals surface area contributed by atoms with Crippen molar-refractivity contribution in [3.8, 4) is 0 Å². The second-order valence-corrected chi connectivity index (χ2v) is 77.6. The first kappa shape index (κ1) is 7.72. The molecule has 0 amide bonds. The van der Waals surface area contributed by atoms with Gasteiger partial charge in [0, 0.05) is 0 Å². The molecule has 0 atom stereocenters. The van der Waals surface area contributed by atoms with E-state index in [1.807, 2.05) is 0 Å². The van der Waals surface area contributed by atoms with Gasteiger partial charge in [0.2, 0.25) is 0 Å². The molecule has 0 bridgehead atoms. The fourth-order valence-electron chi connectivity index (χ4n) is 0. The zero-order valence-corrected chi connectivity index (χ0v) is 11.2. The van der Waals surface area contributed by atoms with Gasteiger partial charge >= 0.3 is 60.3 Å². The van der Waals surface area contributed by atoms with Crippen LogP contribution in [0, 0.1) is 0 Å². The second kappa shape index (κ2) is 2.89. The molecule has 0 aliphatic rings. The summed E-state index contributed by atoms with van der Waals surface area (Å²) in [6, 6.07) is 0. The van der Waals surface area contributed by atoms with Crippen LogP contribution in [-0.2, 0) is 0 Å². The molecular formula is Br4Sn. The van der Waals surface area contributed by atoms with Crippen LogP contribution in [0.1, 0.15) is 0 Å². The summed E-state index contributed by atoms with van der Waals surface area (Å²) in [4.78, 5) is 0. The summed E-state index contributed by atoms with van der Waals surface area (Å²) in [7, 11) is -1.93. The molecule has 0 aromatic carbocycles. The van der Waals surface area contributed by atoms with E-state index in [-0.39, 0.29) is 0 Å². The van der Waals surface area contributed by atoms with Crippen molar-refractivity contribution in [2.45, 2.75) is 0 Å². The molecule has 0 aliphatic heterocycles. The molecule has 0 saturated carbocycles. The molecule has 5 heavy (non-hydrogen) atoms. The van der Waals surface area contributed by atoms with E-state index in [2.05, 4.69) is 50.8 Å². The molecule has 0 N–H and O–H groups in total. The van der Waals surface area contributed by atoms with Gasteiger partial charge in [-0.25, -0.2) is 0 Å². The van der Waals surface area contributed by atoms with Crippen molar-refractivity contribution in [2.75, 3.05) is 0 Å². The number of halogens is 4. The zero-order valence-electron chi connectivity index (χ0n) is 2.01. The van der Waals surface area contributed by atoms with Crippen molar-refractivity contribution in [1.82, 2.24) is 0 Å². The van der Waals surface area contributed by atoms with E-state index in [0.29, 0.717) is 0 Å². The fourth-order valence-corrected chi connectivity index (χ4v) is 0. The van der Waals surface area contributed by atoms with Crippen LogP contribution in [0.15, 0.2) is 0 Å². The molecule has 0 saturated heterocycles. The van der Waals surface area contributed by atoms with Crippen molar-refractivity contribution in [3.63, 3.8) is 0 Å². The summed E-state index contributed by atoms with van der Waals surface area (Å²) in [6.07, 6.45) is 0.